The molecule has 0 aromatic rings. The van der Waals surface area contributed by atoms with Crippen LogP contribution in [-0.4, -0.2) is 28.6 Å². The normalized spacial score (nSPS) is 38.8. The van der Waals surface area contributed by atoms with Gasteiger partial charge in [0.2, 0.25) is 5.91 Å². The van der Waals surface area contributed by atoms with Crippen molar-refractivity contribution in [3.8, 4) is 0 Å². The molecule has 0 aromatic heterocycles. The Morgan fingerprint density at radius 1 is 1.29 bits per heavy atom. The predicted molar refractivity (Wildman–Crippen MR) is 67.4 cm³/mol. The predicted octanol–water partition coefficient (Wildman–Crippen LogP) is 2.27. The number of carbonyl (C=O) groups excluding carboxylic acids is 1. The summed E-state index contributed by atoms with van der Waals surface area (Å²) in [5.74, 6) is 0.382. The minimum absolute atomic E-state index is 0.138. The summed E-state index contributed by atoms with van der Waals surface area (Å²) in [5, 5.41) is 3.51. The van der Waals surface area contributed by atoms with Crippen LogP contribution in [0.1, 0.15) is 59.3 Å². The highest BCUT2D eigenvalue weighted by Gasteiger charge is 2.59. The molecule has 1 aliphatic heterocycles. The van der Waals surface area contributed by atoms with E-state index in [1.807, 2.05) is 0 Å². The largest absolute Gasteiger partial charge is 0.323 e. The van der Waals surface area contributed by atoms with Crippen LogP contribution in [0.25, 0.3) is 0 Å². The molecule has 3 rings (SSSR count). The number of hydrogen-bond donors (Lipinski definition) is 1. The Hall–Kier alpha value is -0.570. The van der Waals surface area contributed by atoms with Gasteiger partial charge in [0, 0.05) is 6.04 Å². The van der Waals surface area contributed by atoms with E-state index in [0.29, 0.717) is 17.4 Å². The maximum Gasteiger partial charge on any atom is 0.244 e. The van der Waals surface area contributed by atoms with Gasteiger partial charge in [0.25, 0.3) is 0 Å². The van der Waals surface area contributed by atoms with Crippen LogP contribution in [0.4, 0.5) is 0 Å². The van der Waals surface area contributed by atoms with Gasteiger partial charge >= 0.3 is 0 Å². The Kier molecular flexibility index (Phi) is 2.35. The summed E-state index contributed by atoms with van der Waals surface area (Å²) >= 11 is 0. The molecule has 0 bridgehead atoms. The second-order valence-corrected chi connectivity index (χ2v) is 7.03. The maximum absolute atomic E-state index is 12.5. The molecule has 96 valence electrons. The lowest BCUT2D eigenvalue weighted by molar-refractivity contribution is -0.134. The lowest BCUT2D eigenvalue weighted by atomic mass is 9.74. The van der Waals surface area contributed by atoms with Gasteiger partial charge in [-0.3, -0.25) is 10.1 Å². The van der Waals surface area contributed by atoms with Crippen molar-refractivity contribution >= 4 is 5.91 Å². The monoisotopic (exact) mass is 236 g/mol. The second-order valence-electron chi connectivity index (χ2n) is 7.03. The van der Waals surface area contributed by atoms with Crippen molar-refractivity contribution < 1.29 is 4.79 Å². The van der Waals surface area contributed by atoms with Crippen molar-refractivity contribution in [1.82, 2.24) is 10.2 Å². The van der Waals surface area contributed by atoms with Crippen molar-refractivity contribution in [2.75, 3.05) is 0 Å². The average Bonchev–Trinajstić information content (AvgIpc) is 2.92. The summed E-state index contributed by atoms with van der Waals surface area (Å²) < 4.78 is 0. The lowest BCUT2D eigenvalue weighted by Crippen LogP contribution is -2.46. The number of rotatable bonds is 1. The lowest BCUT2D eigenvalue weighted by Gasteiger charge is -2.41. The zero-order chi connectivity index (χ0) is 12.3. The molecule has 1 heterocycles. The number of amides is 1. The maximum atomic E-state index is 12.5. The molecule has 2 aliphatic carbocycles. The van der Waals surface area contributed by atoms with Gasteiger partial charge in [-0.2, -0.15) is 0 Å². The van der Waals surface area contributed by atoms with Gasteiger partial charge in [0.15, 0.2) is 0 Å². The highest BCUT2D eigenvalue weighted by Crippen LogP contribution is 2.45. The van der Waals surface area contributed by atoms with Crippen LogP contribution >= 0.6 is 0 Å². The number of hydrogen-bond acceptors (Lipinski definition) is 2. The molecule has 1 amide bonds. The van der Waals surface area contributed by atoms with Crippen molar-refractivity contribution in [3.05, 3.63) is 0 Å². The minimum Gasteiger partial charge on any atom is -0.323 e. The first kappa shape index (κ1) is 11.5. The van der Waals surface area contributed by atoms with Crippen molar-refractivity contribution in [1.29, 1.82) is 0 Å². The van der Waals surface area contributed by atoms with E-state index >= 15 is 0 Å². The molecule has 2 atom stereocenters. The zero-order valence-electron chi connectivity index (χ0n) is 11.3. The highest BCUT2D eigenvalue weighted by atomic mass is 16.2. The second kappa shape index (κ2) is 3.47. The van der Waals surface area contributed by atoms with Crippen LogP contribution in [-0.2, 0) is 4.79 Å². The van der Waals surface area contributed by atoms with Crippen LogP contribution in [0.3, 0.4) is 0 Å². The van der Waals surface area contributed by atoms with Crippen LogP contribution in [0.5, 0.6) is 0 Å². The third-order valence-corrected chi connectivity index (χ3v) is 4.87. The molecule has 1 saturated heterocycles. The smallest absolute Gasteiger partial charge is 0.244 e. The van der Waals surface area contributed by atoms with Crippen molar-refractivity contribution in [3.63, 3.8) is 0 Å². The first-order chi connectivity index (χ1) is 7.94. The Balaban J connectivity index is 1.77. The van der Waals surface area contributed by atoms with E-state index in [-0.39, 0.29) is 11.7 Å². The highest BCUT2D eigenvalue weighted by molar-refractivity contribution is 5.92. The molecular weight excluding hydrogens is 212 g/mol. The van der Waals surface area contributed by atoms with Crippen molar-refractivity contribution in [2.45, 2.75) is 77.0 Å². The molecule has 0 radical (unpaired) electrons. The van der Waals surface area contributed by atoms with Crippen LogP contribution in [0.2, 0.25) is 0 Å². The van der Waals surface area contributed by atoms with Gasteiger partial charge in [-0.15, -0.1) is 0 Å². The SMILES string of the molecule is CC1NC2(CC2)C(=O)N1C1CCCC(C)(C)C1. The fraction of sp³-hybridized carbons (Fsp3) is 0.929. The van der Waals surface area contributed by atoms with E-state index in [2.05, 4.69) is 31.0 Å². The van der Waals surface area contributed by atoms with Crippen LogP contribution in [0.15, 0.2) is 0 Å². The molecular formula is C14H24N2O. The third kappa shape index (κ3) is 1.79. The molecule has 0 aromatic carbocycles. The fourth-order valence-electron chi connectivity index (χ4n) is 3.82. The van der Waals surface area contributed by atoms with E-state index in [0.717, 1.165) is 12.8 Å². The topological polar surface area (TPSA) is 32.3 Å². The van der Waals surface area contributed by atoms with Crippen LogP contribution in [0, 0.1) is 5.41 Å². The Bertz CT molecular complexity index is 346. The summed E-state index contributed by atoms with van der Waals surface area (Å²) in [5.41, 5.74) is 0.267. The summed E-state index contributed by atoms with van der Waals surface area (Å²) in [6, 6.07) is 0.466. The fourth-order valence-corrected chi connectivity index (χ4v) is 3.82. The van der Waals surface area contributed by atoms with Gasteiger partial charge in [0.1, 0.15) is 0 Å². The van der Waals surface area contributed by atoms with Gasteiger partial charge in [0.05, 0.1) is 11.7 Å². The first-order valence-corrected chi connectivity index (χ1v) is 7.04. The molecule has 2 saturated carbocycles. The summed E-state index contributed by atoms with van der Waals surface area (Å²) in [7, 11) is 0. The van der Waals surface area contributed by atoms with Gasteiger partial charge in [-0.05, 0) is 44.4 Å². The van der Waals surface area contributed by atoms with Gasteiger partial charge < -0.3 is 4.90 Å². The molecule has 3 fully saturated rings. The summed E-state index contributed by atoms with van der Waals surface area (Å²) in [4.78, 5) is 14.6. The standard InChI is InChI=1S/C14H24N2O/c1-10-15-14(7-8-14)12(17)16(10)11-5-4-6-13(2,3)9-11/h10-11,15H,4-9H2,1-3H3. The van der Waals surface area contributed by atoms with E-state index in [1.165, 1.54) is 25.7 Å². The molecule has 1 spiro atoms. The zero-order valence-corrected chi connectivity index (χ0v) is 11.3. The van der Waals surface area contributed by atoms with Gasteiger partial charge in [-0.25, -0.2) is 0 Å². The van der Waals surface area contributed by atoms with E-state index < -0.39 is 0 Å². The average molecular weight is 236 g/mol. The Morgan fingerprint density at radius 2 is 2.00 bits per heavy atom. The molecule has 17 heavy (non-hydrogen) atoms. The van der Waals surface area contributed by atoms with E-state index in [1.54, 1.807) is 0 Å². The summed E-state index contributed by atoms with van der Waals surface area (Å²) in [6.45, 7) is 6.82. The van der Waals surface area contributed by atoms with Crippen LogP contribution < -0.4 is 5.32 Å². The molecule has 3 aliphatic rings. The molecule has 2 unspecified atom stereocenters. The third-order valence-electron chi connectivity index (χ3n) is 4.87. The quantitative estimate of drug-likeness (QED) is 0.757. The first-order valence-electron chi connectivity index (χ1n) is 7.04. The van der Waals surface area contributed by atoms with E-state index in [4.69, 9.17) is 0 Å². The Morgan fingerprint density at radius 3 is 2.53 bits per heavy atom. The number of nitrogens with one attached hydrogen (secondary N) is 1. The van der Waals surface area contributed by atoms with Crippen molar-refractivity contribution in [2.24, 2.45) is 5.41 Å². The van der Waals surface area contributed by atoms with E-state index in [9.17, 15) is 4.79 Å². The molecule has 1 N–H and O–H groups in total. The molecule has 3 heteroatoms. The number of nitrogens with zero attached hydrogens (tertiary/aromatic N) is 1. The molecule has 3 nitrogen and oxygen atoms in total. The summed E-state index contributed by atoms with van der Waals surface area (Å²) in [6.07, 6.45) is 7.26. The Labute approximate surface area is 104 Å². The number of carbonyl (C=O) groups is 1. The van der Waals surface area contributed by atoms with Gasteiger partial charge in [-0.1, -0.05) is 20.3 Å². The minimum atomic E-state index is -0.138.